The third kappa shape index (κ3) is 9.47. The van der Waals surface area contributed by atoms with Gasteiger partial charge in [0.15, 0.2) is 0 Å². The molecule has 3 heteroatoms. The predicted octanol–water partition coefficient (Wildman–Crippen LogP) is 1.78. The zero-order valence-electron chi connectivity index (χ0n) is 9.14. The highest BCUT2D eigenvalue weighted by atomic mass is 28.1. The van der Waals surface area contributed by atoms with Crippen LogP contribution in [0.4, 0.5) is 0 Å². The SMILES string of the molecule is CCCCOC=C([SiH3])OCCCC. The molecule has 0 spiro atoms. The van der Waals surface area contributed by atoms with Gasteiger partial charge in [-0.15, -0.1) is 0 Å². The number of ether oxygens (including phenoxy) is 2. The minimum atomic E-state index is 0.819. The highest BCUT2D eigenvalue weighted by molar-refractivity contribution is 6.20. The number of hydrogen-bond acceptors (Lipinski definition) is 2. The van der Waals surface area contributed by atoms with Crippen LogP contribution in [-0.4, -0.2) is 23.5 Å². The first kappa shape index (κ1) is 12.6. The van der Waals surface area contributed by atoms with Gasteiger partial charge in [0.25, 0.3) is 0 Å². The molecule has 0 radical (unpaired) electrons. The molecule has 0 aromatic heterocycles. The number of unbranched alkanes of at least 4 members (excludes halogenated alkanes) is 2. The molecule has 0 aliphatic heterocycles. The van der Waals surface area contributed by atoms with Gasteiger partial charge in [-0.2, -0.15) is 0 Å². The molecule has 78 valence electrons. The van der Waals surface area contributed by atoms with Crippen molar-refractivity contribution < 1.29 is 9.47 Å². The van der Waals surface area contributed by atoms with Crippen LogP contribution >= 0.6 is 0 Å². The molecule has 0 rings (SSSR count). The first-order chi connectivity index (χ1) is 6.31. The van der Waals surface area contributed by atoms with Crippen LogP contribution in [0.25, 0.3) is 0 Å². The summed E-state index contributed by atoms with van der Waals surface area (Å²) < 4.78 is 10.8. The Kier molecular flexibility index (Phi) is 9.31. The number of rotatable bonds is 8. The van der Waals surface area contributed by atoms with Gasteiger partial charge in [-0.05, 0) is 12.8 Å². The van der Waals surface area contributed by atoms with Crippen LogP contribution in [-0.2, 0) is 9.47 Å². The molecule has 13 heavy (non-hydrogen) atoms. The fourth-order valence-corrected chi connectivity index (χ4v) is 1.19. The van der Waals surface area contributed by atoms with Gasteiger partial charge in [-0.25, -0.2) is 0 Å². The topological polar surface area (TPSA) is 18.5 Å². The van der Waals surface area contributed by atoms with E-state index in [-0.39, 0.29) is 0 Å². The smallest absolute Gasteiger partial charge is 0.114 e. The molecule has 0 saturated heterocycles. The molecule has 0 heterocycles. The molecule has 0 aromatic carbocycles. The maximum Gasteiger partial charge on any atom is 0.114 e. The first-order valence-corrected chi connectivity index (χ1v) is 6.22. The van der Waals surface area contributed by atoms with E-state index >= 15 is 0 Å². The van der Waals surface area contributed by atoms with Crippen LogP contribution in [0, 0.1) is 0 Å². The first-order valence-electron chi connectivity index (χ1n) is 5.22. The van der Waals surface area contributed by atoms with Gasteiger partial charge in [-0.3, -0.25) is 0 Å². The van der Waals surface area contributed by atoms with E-state index in [0.29, 0.717) is 0 Å². The van der Waals surface area contributed by atoms with Gasteiger partial charge in [0.1, 0.15) is 6.26 Å². The average Bonchev–Trinajstić information content (AvgIpc) is 2.13. The lowest BCUT2D eigenvalue weighted by molar-refractivity contribution is 0.190. The summed E-state index contributed by atoms with van der Waals surface area (Å²) in [6, 6.07) is 0. The monoisotopic (exact) mass is 202 g/mol. The third-order valence-corrected chi connectivity index (χ3v) is 2.22. The lowest BCUT2D eigenvalue weighted by atomic mass is 10.4. The second-order valence-corrected chi connectivity index (χ2v) is 4.14. The van der Waals surface area contributed by atoms with Crippen molar-refractivity contribution in [1.29, 1.82) is 0 Å². The van der Waals surface area contributed by atoms with E-state index in [4.69, 9.17) is 9.47 Å². The fourth-order valence-electron chi connectivity index (χ4n) is 0.815. The highest BCUT2D eigenvalue weighted by Gasteiger charge is 1.89. The van der Waals surface area contributed by atoms with E-state index in [9.17, 15) is 0 Å². The van der Waals surface area contributed by atoms with Gasteiger partial charge >= 0.3 is 0 Å². The van der Waals surface area contributed by atoms with E-state index in [2.05, 4.69) is 13.8 Å². The Balaban J connectivity index is 3.29. The quantitative estimate of drug-likeness (QED) is 0.339. The van der Waals surface area contributed by atoms with Crippen molar-refractivity contribution in [2.45, 2.75) is 39.5 Å². The highest BCUT2D eigenvalue weighted by Crippen LogP contribution is 1.97. The second kappa shape index (κ2) is 9.64. The van der Waals surface area contributed by atoms with E-state index in [1.54, 1.807) is 6.26 Å². The summed E-state index contributed by atoms with van der Waals surface area (Å²) in [5.74, 6) is 0. The minimum Gasteiger partial charge on any atom is -0.501 e. The second-order valence-electron chi connectivity index (χ2n) is 3.15. The van der Waals surface area contributed by atoms with Gasteiger partial charge < -0.3 is 9.47 Å². The van der Waals surface area contributed by atoms with Crippen molar-refractivity contribution >= 4 is 10.2 Å². The Morgan fingerprint density at radius 2 is 1.77 bits per heavy atom. The fraction of sp³-hybridized carbons (Fsp3) is 0.800. The van der Waals surface area contributed by atoms with Crippen LogP contribution in [0.2, 0.25) is 0 Å². The third-order valence-electron chi connectivity index (χ3n) is 1.69. The molecular weight excluding hydrogens is 180 g/mol. The van der Waals surface area contributed by atoms with Gasteiger partial charge in [0.05, 0.1) is 28.8 Å². The largest absolute Gasteiger partial charge is 0.501 e. The van der Waals surface area contributed by atoms with Crippen LogP contribution < -0.4 is 0 Å². The van der Waals surface area contributed by atoms with E-state index in [0.717, 1.165) is 41.7 Å². The molecule has 0 unspecified atom stereocenters. The molecule has 2 nitrogen and oxygen atoms in total. The molecule has 0 aromatic rings. The summed E-state index contributed by atoms with van der Waals surface area (Å²) in [4.78, 5) is 0. The molecule has 0 amide bonds. The molecular formula is C10H22O2Si. The van der Waals surface area contributed by atoms with Crippen LogP contribution in [0.5, 0.6) is 0 Å². The summed E-state index contributed by atoms with van der Waals surface area (Å²) in [7, 11) is 0.938. The Morgan fingerprint density at radius 1 is 1.15 bits per heavy atom. The molecule has 0 N–H and O–H groups in total. The Labute approximate surface area is 84.7 Å². The average molecular weight is 202 g/mol. The van der Waals surface area contributed by atoms with Gasteiger partial charge in [0.2, 0.25) is 0 Å². The maximum absolute atomic E-state index is 5.46. The van der Waals surface area contributed by atoms with Crippen molar-refractivity contribution in [2.24, 2.45) is 0 Å². The minimum absolute atomic E-state index is 0.819. The molecule has 0 saturated carbocycles. The predicted molar refractivity (Wildman–Crippen MR) is 59.7 cm³/mol. The van der Waals surface area contributed by atoms with E-state index in [1.807, 2.05) is 0 Å². The molecule has 0 aliphatic rings. The van der Waals surface area contributed by atoms with E-state index in [1.165, 1.54) is 12.8 Å². The zero-order chi connectivity index (χ0) is 9.94. The summed E-state index contributed by atoms with van der Waals surface area (Å²) in [5.41, 5.74) is 0. The summed E-state index contributed by atoms with van der Waals surface area (Å²) >= 11 is 0. The van der Waals surface area contributed by atoms with Crippen molar-refractivity contribution in [3.8, 4) is 0 Å². The Bertz CT molecular complexity index is 135. The van der Waals surface area contributed by atoms with Crippen molar-refractivity contribution in [3.05, 3.63) is 11.6 Å². The maximum atomic E-state index is 5.46. The standard InChI is InChI=1S/C10H22O2Si/c1-3-5-7-11-9-10(13)12-8-6-4-2/h9H,3-8H2,1-2,13H3. The van der Waals surface area contributed by atoms with Crippen molar-refractivity contribution in [3.63, 3.8) is 0 Å². The van der Waals surface area contributed by atoms with Gasteiger partial charge in [0, 0.05) is 0 Å². The van der Waals surface area contributed by atoms with Crippen LogP contribution in [0.1, 0.15) is 39.5 Å². The van der Waals surface area contributed by atoms with Crippen LogP contribution in [0.3, 0.4) is 0 Å². The molecule has 0 fully saturated rings. The molecule has 0 bridgehead atoms. The number of hydrogen-bond donors (Lipinski definition) is 0. The molecule has 0 atom stereocenters. The lowest BCUT2D eigenvalue weighted by Gasteiger charge is -2.05. The molecule has 0 aliphatic carbocycles. The summed E-state index contributed by atoms with van der Waals surface area (Å²) in [5, 5.41) is 1.02. The normalized spacial score (nSPS) is 11.7. The summed E-state index contributed by atoms with van der Waals surface area (Å²) in [6.45, 7) is 5.98. The summed E-state index contributed by atoms with van der Waals surface area (Å²) in [6.07, 6.45) is 6.40. The Hall–Kier alpha value is -0.443. The zero-order valence-corrected chi connectivity index (χ0v) is 11.1. The van der Waals surface area contributed by atoms with Crippen molar-refractivity contribution in [2.75, 3.05) is 13.2 Å². The Morgan fingerprint density at radius 3 is 2.38 bits per heavy atom. The van der Waals surface area contributed by atoms with Crippen LogP contribution in [0.15, 0.2) is 11.6 Å². The van der Waals surface area contributed by atoms with Crippen molar-refractivity contribution in [1.82, 2.24) is 0 Å². The van der Waals surface area contributed by atoms with Gasteiger partial charge in [-0.1, -0.05) is 26.7 Å². The van der Waals surface area contributed by atoms with E-state index < -0.39 is 0 Å². The lowest BCUT2D eigenvalue weighted by Crippen LogP contribution is -1.96.